The van der Waals surface area contributed by atoms with Gasteiger partial charge in [-0.1, -0.05) is 30.3 Å². The summed E-state index contributed by atoms with van der Waals surface area (Å²) in [4.78, 5) is 31.8. The lowest BCUT2D eigenvalue weighted by molar-refractivity contribution is -0.196. The van der Waals surface area contributed by atoms with Gasteiger partial charge < -0.3 is 29.3 Å². The first kappa shape index (κ1) is 23.6. The summed E-state index contributed by atoms with van der Waals surface area (Å²) in [5.41, 5.74) is 2.03. The molecule has 0 saturated carbocycles. The number of halogens is 1. The highest BCUT2D eigenvalue weighted by Gasteiger charge is 2.56. The molecule has 1 aromatic carbocycles. The molecule has 11 nitrogen and oxygen atoms in total. The highest BCUT2D eigenvalue weighted by atomic mass is 35.5. The van der Waals surface area contributed by atoms with Crippen LogP contribution in [0.4, 0.5) is 5.82 Å². The Labute approximate surface area is 200 Å². The molecule has 2 aromatic heterocycles. The van der Waals surface area contributed by atoms with E-state index in [4.69, 9.17) is 25.8 Å². The van der Waals surface area contributed by atoms with Crippen molar-refractivity contribution in [2.75, 3.05) is 11.5 Å². The Morgan fingerprint density at radius 1 is 1.18 bits per heavy atom. The Morgan fingerprint density at radius 2 is 1.91 bits per heavy atom. The van der Waals surface area contributed by atoms with Crippen LogP contribution in [0.25, 0.3) is 11.2 Å². The summed E-state index contributed by atoms with van der Waals surface area (Å²) in [5, 5.41) is 3.30. The molecular formula is C21H25ClN5O6P. The number of nitrogens with one attached hydrogen (secondary N) is 1. The molecule has 2 fully saturated rings. The smallest absolute Gasteiger partial charge is 0.325 e. The molecule has 4 atom stereocenters. The van der Waals surface area contributed by atoms with Gasteiger partial charge in [0.05, 0.1) is 18.6 Å². The molecule has 2 saturated heterocycles. The van der Waals surface area contributed by atoms with Crippen LogP contribution >= 0.6 is 19.2 Å². The van der Waals surface area contributed by atoms with E-state index in [0.717, 1.165) is 5.56 Å². The first-order chi connectivity index (χ1) is 16.1. The fourth-order valence-electron chi connectivity index (χ4n) is 4.39. The van der Waals surface area contributed by atoms with E-state index in [1.54, 1.807) is 24.7 Å². The van der Waals surface area contributed by atoms with E-state index in [1.807, 2.05) is 30.3 Å². The molecule has 0 amide bonds. The van der Waals surface area contributed by atoms with Gasteiger partial charge in [0.1, 0.15) is 12.2 Å². The predicted octanol–water partition coefficient (Wildman–Crippen LogP) is 3.08. The number of nitrogens with zero attached hydrogens (tertiary/aromatic N) is 4. The average Bonchev–Trinajstić information content (AvgIpc) is 3.41. The van der Waals surface area contributed by atoms with Gasteiger partial charge >= 0.3 is 7.60 Å². The third-order valence-electron chi connectivity index (χ3n) is 5.80. The van der Waals surface area contributed by atoms with E-state index < -0.39 is 37.9 Å². The molecule has 13 heteroatoms. The maximum Gasteiger partial charge on any atom is 0.325 e. The molecule has 0 bridgehead atoms. The van der Waals surface area contributed by atoms with Gasteiger partial charge in [-0.05, 0) is 37.4 Å². The minimum Gasteiger partial charge on any atom is -0.364 e. The van der Waals surface area contributed by atoms with Crippen LogP contribution in [0, 0.1) is 0 Å². The maximum atomic E-state index is 11.4. The molecular weight excluding hydrogens is 485 g/mol. The molecule has 2 aliphatic heterocycles. The molecule has 0 radical (unpaired) electrons. The fraction of sp³-hybridized carbons (Fsp3) is 0.476. The minimum absolute atomic E-state index is 0.0429. The summed E-state index contributed by atoms with van der Waals surface area (Å²) in [6, 6.07) is 9.85. The van der Waals surface area contributed by atoms with Gasteiger partial charge in [-0.2, -0.15) is 9.97 Å². The number of imidazole rings is 1. The van der Waals surface area contributed by atoms with Gasteiger partial charge in [-0.3, -0.25) is 9.13 Å². The van der Waals surface area contributed by atoms with Crippen LogP contribution in [-0.4, -0.2) is 59.6 Å². The Morgan fingerprint density at radius 3 is 2.65 bits per heavy atom. The van der Waals surface area contributed by atoms with Crippen molar-refractivity contribution in [3.63, 3.8) is 0 Å². The largest absolute Gasteiger partial charge is 0.364 e. The number of anilines is 1. The van der Waals surface area contributed by atoms with Crippen molar-refractivity contribution in [2.24, 2.45) is 0 Å². The second kappa shape index (κ2) is 8.83. The van der Waals surface area contributed by atoms with Gasteiger partial charge in [0.15, 0.2) is 29.0 Å². The van der Waals surface area contributed by atoms with Crippen LogP contribution in [0.5, 0.6) is 0 Å². The summed E-state index contributed by atoms with van der Waals surface area (Å²) in [5.74, 6) is -0.391. The first-order valence-corrected chi connectivity index (χ1v) is 13.0. The van der Waals surface area contributed by atoms with Crippen molar-refractivity contribution < 1.29 is 28.6 Å². The summed E-state index contributed by atoms with van der Waals surface area (Å²) in [6.45, 7) is 4.11. The van der Waals surface area contributed by atoms with Gasteiger partial charge in [-0.25, -0.2) is 4.98 Å². The van der Waals surface area contributed by atoms with Gasteiger partial charge in [0.25, 0.3) is 0 Å². The Hall–Kier alpha value is -2.11. The molecule has 3 aromatic rings. The van der Waals surface area contributed by atoms with E-state index in [0.29, 0.717) is 23.5 Å². The molecule has 34 heavy (non-hydrogen) atoms. The Balaban J connectivity index is 1.45. The number of benzene rings is 1. The first-order valence-electron chi connectivity index (χ1n) is 10.8. The van der Waals surface area contributed by atoms with E-state index >= 15 is 0 Å². The minimum atomic E-state index is -4.19. The molecule has 3 N–H and O–H groups in total. The molecule has 4 heterocycles. The van der Waals surface area contributed by atoms with Gasteiger partial charge in [-0.15, -0.1) is 0 Å². The summed E-state index contributed by atoms with van der Waals surface area (Å²) in [7, 11) is -4.19. The number of ether oxygens (including phenoxy) is 3. The zero-order valence-electron chi connectivity index (χ0n) is 18.5. The van der Waals surface area contributed by atoms with Crippen molar-refractivity contribution in [1.29, 1.82) is 0 Å². The van der Waals surface area contributed by atoms with Gasteiger partial charge in [0, 0.05) is 6.54 Å². The normalized spacial score (nSPS) is 26.1. The van der Waals surface area contributed by atoms with Crippen LogP contribution in [0.15, 0.2) is 36.7 Å². The quantitative estimate of drug-likeness (QED) is 0.321. The summed E-state index contributed by atoms with van der Waals surface area (Å²) < 4.78 is 31.5. The maximum absolute atomic E-state index is 11.4. The number of hydrogen-bond acceptors (Lipinski definition) is 8. The third kappa shape index (κ3) is 4.83. The highest BCUT2D eigenvalue weighted by Crippen LogP contribution is 2.46. The van der Waals surface area contributed by atoms with E-state index in [9.17, 15) is 14.4 Å². The number of hydrogen-bond donors (Lipinski definition) is 3. The van der Waals surface area contributed by atoms with Crippen LogP contribution in [0.2, 0.25) is 5.28 Å². The molecule has 5 rings (SSSR count). The standard InChI is InChI=1S/C21H25ClN5O6P/c1-21(2)32-15-13(8-9-34(28,29)30)31-19(16(15)33-21)27-11-24-14-17(25-20(22)26-18(14)27)23-10-12-6-4-3-5-7-12/h3-7,11,13,15-16,19H,8-10H2,1-2H3,(H,23,25,26)(H2,28,29,30)/t13-,15?,16+,19-/m1/s1. The van der Waals surface area contributed by atoms with Gasteiger partial charge in [0.2, 0.25) is 5.28 Å². The van der Waals surface area contributed by atoms with Crippen molar-refractivity contribution in [3.05, 3.63) is 47.5 Å². The molecule has 0 aliphatic carbocycles. The van der Waals surface area contributed by atoms with Crippen molar-refractivity contribution in [2.45, 2.75) is 57.1 Å². The van der Waals surface area contributed by atoms with E-state index in [-0.39, 0.29) is 17.9 Å². The van der Waals surface area contributed by atoms with Crippen LogP contribution in [0.1, 0.15) is 32.1 Å². The molecule has 1 unspecified atom stereocenters. The lowest BCUT2D eigenvalue weighted by atomic mass is 10.1. The Kier molecular flexibility index (Phi) is 6.14. The van der Waals surface area contributed by atoms with E-state index in [1.165, 1.54) is 0 Å². The van der Waals surface area contributed by atoms with Crippen molar-refractivity contribution >= 4 is 36.2 Å². The number of aromatic nitrogens is 4. The SMILES string of the molecule is CC1(C)OC2[C@@H](CCP(=O)(O)O)O[C@@H](n3cnc4c(NCc5ccccc5)nc(Cl)nc43)[C@H]2O1. The summed E-state index contributed by atoms with van der Waals surface area (Å²) >= 11 is 6.24. The van der Waals surface area contributed by atoms with Crippen molar-refractivity contribution in [3.8, 4) is 0 Å². The third-order valence-corrected chi connectivity index (χ3v) is 6.81. The lowest BCUT2D eigenvalue weighted by Crippen LogP contribution is -2.30. The van der Waals surface area contributed by atoms with Crippen LogP contribution in [-0.2, 0) is 25.3 Å². The molecule has 2 aliphatic rings. The van der Waals surface area contributed by atoms with Crippen LogP contribution in [0.3, 0.4) is 0 Å². The molecule has 182 valence electrons. The van der Waals surface area contributed by atoms with Crippen LogP contribution < -0.4 is 5.32 Å². The zero-order chi connectivity index (χ0) is 24.1. The molecule has 0 spiro atoms. The highest BCUT2D eigenvalue weighted by molar-refractivity contribution is 7.51. The predicted molar refractivity (Wildman–Crippen MR) is 123 cm³/mol. The monoisotopic (exact) mass is 509 g/mol. The zero-order valence-corrected chi connectivity index (χ0v) is 20.2. The average molecular weight is 510 g/mol. The second-order valence-corrected chi connectivity index (χ2v) is 10.9. The fourth-order valence-corrected chi connectivity index (χ4v) is 5.15. The lowest BCUT2D eigenvalue weighted by Gasteiger charge is -2.24. The van der Waals surface area contributed by atoms with E-state index in [2.05, 4.69) is 20.3 Å². The number of fused-ring (bicyclic) bond motifs is 2. The second-order valence-electron chi connectivity index (χ2n) is 8.81. The number of rotatable bonds is 7. The Bertz CT molecular complexity index is 1240. The summed E-state index contributed by atoms with van der Waals surface area (Å²) in [6.07, 6.45) is -0.899. The van der Waals surface area contributed by atoms with Crippen molar-refractivity contribution in [1.82, 2.24) is 19.5 Å². The topological polar surface area (TPSA) is 141 Å².